The third-order valence-corrected chi connectivity index (χ3v) is 8.59. The highest BCUT2D eigenvalue weighted by atomic mass is 32.2. The van der Waals surface area contributed by atoms with Crippen molar-refractivity contribution in [3.8, 4) is 0 Å². The lowest BCUT2D eigenvalue weighted by Crippen LogP contribution is -2.53. The van der Waals surface area contributed by atoms with Gasteiger partial charge in [0.2, 0.25) is 11.8 Å². The van der Waals surface area contributed by atoms with Crippen molar-refractivity contribution >= 4 is 27.5 Å². The van der Waals surface area contributed by atoms with Gasteiger partial charge in [0.25, 0.3) is 10.0 Å². The topological polar surface area (TPSA) is 86.8 Å². The van der Waals surface area contributed by atoms with Crippen molar-refractivity contribution in [1.29, 1.82) is 0 Å². The molecule has 40 heavy (non-hydrogen) atoms. The van der Waals surface area contributed by atoms with E-state index >= 15 is 0 Å². The van der Waals surface area contributed by atoms with E-state index < -0.39 is 28.5 Å². The van der Waals surface area contributed by atoms with Crippen molar-refractivity contribution < 1.29 is 18.0 Å². The number of hydrogen-bond acceptors (Lipinski definition) is 4. The number of carbonyl (C=O) groups is 2. The molecule has 0 saturated heterocycles. The Hall–Kier alpha value is -3.65. The summed E-state index contributed by atoms with van der Waals surface area (Å²) in [5.74, 6) is -0.658. The predicted molar refractivity (Wildman–Crippen MR) is 161 cm³/mol. The van der Waals surface area contributed by atoms with Gasteiger partial charge in [-0.2, -0.15) is 0 Å². The molecular formula is C32H41N3O4S. The maximum atomic E-state index is 14.1. The van der Waals surface area contributed by atoms with Gasteiger partial charge in [-0.15, -0.1) is 0 Å². The fraction of sp³-hybridized carbons (Fsp3) is 0.375. The van der Waals surface area contributed by atoms with Gasteiger partial charge in [0, 0.05) is 13.1 Å². The Balaban J connectivity index is 2.03. The summed E-state index contributed by atoms with van der Waals surface area (Å²) in [5, 5.41) is 2.91. The highest BCUT2D eigenvalue weighted by Gasteiger charge is 2.33. The number of nitrogens with one attached hydrogen (secondary N) is 1. The van der Waals surface area contributed by atoms with E-state index in [9.17, 15) is 18.0 Å². The Morgan fingerprint density at radius 2 is 1.48 bits per heavy atom. The van der Waals surface area contributed by atoms with Gasteiger partial charge in [-0.1, -0.05) is 67.9 Å². The lowest BCUT2D eigenvalue weighted by molar-refractivity contribution is -0.139. The van der Waals surface area contributed by atoms with Gasteiger partial charge in [0.05, 0.1) is 10.6 Å². The van der Waals surface area contributed by atoms with Crippen LogP contribution in [0.5, 0.6) is 0 Å². The molecule has 3 aromatic carbocycles. The molecule has 2 amide bonds. The number of benzene rings is 3. The fourth-order valence-electron chi connectivity index (χ4n) is 4.72. The summed E-state index contributed by atoms with van der Waals surface area (Å²) < 4.78 is 29.2. The number of sulfonamides is 1. The lowest BCUT2D eigenvalue weighted by Gasteiger charge is -2.33. The highest BCUT2D eigenvalue weighted by molar-refractivity contribution is 7.92. The monoisotopic (exact) mass is 563 g/mol. The number of carbonyl (C=O) groups excluding carboxylic acids is 2. The molecule has 0 spiro atoms. The molecular weight excluding hydrogens is 522 g/mol. The number of amides is 2. The zero-order chi connectivity index (χ0) is 29.3. The largest absolute Gasteiger partial charge is 0.354 e. The van der Waals surface area contributed by atoms with Crippen LogP contribution >= 0.6 is 0 Å². The van der Waals surface area contributed by atoms with Crippen molar-refractivity contribution in [3.63, 3.8) is 0 Å². The number of rotatable bonds is 13. The normalized spacial score (nSPS) is 12.0. The predicted octanol–water partition coefficient (Wildman–Crippen LogP) is 5.18. The summed E-state index contributed by atoms with van der Waals surface area (Å²) in [5.41, 5.74) is 4.15. The molecule has 3 aromatic rings. The quantitative estimate of drug-likeness (QED) is 0.310. The minimum atomic E-state index is -4.08. The molecule has 3 rings (SSSR count). The van der Waals surface area contributed by atoms with E-state index in [0.29, 0.717) is 25.1 Å². The van der Waals surface area contributed by atoms with E-state index in [-0.39, 0.29) is 17.3 Å². The molecule has 0 aliphatic heterocycles. The summed E-state index contributed by atoms with van der Waals surface area (Å²) in [7, 11) is -4.08. The van der Waals surface area contributed by atoms with E-state index in [1.165, 1.54) is 9.21 Å². The summed E-state index contributed by atoms with van der Waals surface area (Å²) in [6.45, 7) is 9.88. The lowest BCUT2D eigenvalue weighted by atomic mass is 10.1. The zero-order valence-electron chi connectivity index (χ0n) is 24.2. The third kappa shape index (κ3) is 7.94. The van der Waals surface area contributed by atoms with Gasteiger partial charge in [0.1, 0.15) is 12.6 Å². The second-order valence-electron chi connectivity index (χ2n) is 10.2. The zero-order valence-corrected chi connectivity index (χ0v) is 25.0. The van der Waals surface area contributed by atoms with Crippen molar-refractivity contribution in [1.82, 2.24) is 10.2 Å². The first kappa shape index (κ1) is 30.9. The van der Waals surface area contributed by atoms with Crippen LogP contribution in [-0.2, 0) is 26.0 Å². The van der Waals surface area contributed by atoms with Gasteiger partial charge < -0.3 is 10.2 Å². The highest BCUT2D eigenvalue weighted by Crippen LogP contribution is 2.27. The molecule has 214 valence electrons. The van der Waals surface area contributed by atoms with E-state index in [1.807, 2.05) is 71.0 Å². The van der Waals surface area contributed by atoms with Gasteiger partial charge in [-0.3, -0.25) is 13.9 Å². The number of anilines is 1. The van der Waals surface area contributed by atoms with Gasteiger partial charge in [-0.25, -0.2) is 8.42 Å². The SMILES string of the molecule is CCCNC(=O)[C@@H](CC)N(CCc1ccccc1)C(=O)CN(c1cc(C)cc(C)c1)S(=O)(=O)c1ccc(C)cc1. The van der Waals surface area contributed by atoms with Crippen molar-refractivity contribution in [2.45, 2.75) is 64.8 Å². The van der Waals surface area contributed by atoms with Crippen LogP contribution in [0.1, 0.15) is 48.9 Å². The van der Waals surface area contributed by atoms with E-state index in [1.54, 1.807) is 36.4 Å². The number of nitrogens with zero attached hydrogens (tertiary/aromatic N) is 2. The van der Waals surface area contributed by atoms with Crippen LogP contribution in [0.3, 0.4) is 0 Å². The van der Waals surface area contributed by atoms with Crippen molar-refractivity contribution in [2.24, 2.45) is 0 Å². The molecule has 0 heterocycles. The van der Waals surface area contributed by atoms with Crippen LogP contribution in [0.2, 0.25) is 0 Å². The smallest absolute Gasteiger partial charge is 0.264 e. The van der Waals surface area contributed by atoms with Crippen LogP contribution in [0.25, 0.3) is 0 Å². The summed E-state index contributed by atoms with van der Waals surface area (Å²) >= 11 is 0. The second kappa shape index (κ2) is 14.1. The van der Waals surface area contributed by atoms with Crippen molar-refractivity contribution in [2.75, 3.05) is 23.9 Å². The molecule has 0 aromatic heterocycles. The minimum Gasteiger partial charge on any atom is -0.354 e. The first-order valence-corrected chi connectivity index (χ1v) is 15.3. The molecule has 8 heteroatoms. The van der Waals surface area contributed by atoms with Crippen LogP contribution in [0.4, 0.5) is 5.69 Å². The first-order chi connectivity index (χ1) is 19.1. The Bertz CT molecular complexity index is 1370. The Labute approximate surface area is 239 Å². The average molecular weight is 564 g/mol. The standard InChI is InChI=1S/C32H41N3O4S/c1-6-18-33-32(37)30(7-2)34(19-17-27-11-9-8-10-12-27)31(36)23-35(28-21-25(4)20-26(5)22-28)40(38,39)29-15-13-24(3)14-16-29/h8-16,20-22,30H,6-7,17-19,23H2,1-5H3,(H,33,37)/t30-/m1/s1. The van der Waals surface area contributed by atoms with Crippen LogP contribution < -0.4 is 9.62 Å². The molecule has 1 atom stereocenters. The Morgan fingerprint density at radius 1 is 0.850 bits per heavy atom. The Morgan fingerprint density at radius 3 is 2.05 bits per heavy atom. The van der Waals surface area contributed by atoms with Crippen molar-refractivity contribution in [3.05, 3.63) is 95.1 Å². The number of aryl methyl sites for hydroxylation is 3. The maximum Gasteiger partial charge on any atom is 0.264 e. The number of hydrogen-bond donors (Lipinski definition) is 1. The molecule has 0 bridgehead atoms. The van der Waals surface area contributed by atoms with Gasteiger partial charge in [-0.05, 0) is 81.0 Å². The van der Waals surface area contributed by atoms with Gasteiger partial charge in [0.15, 0.2) is 0 Å². The van der Waals surface area contributed by atoms with E-state index in [2.05, 4.69) is 5.32 Å². The Kier molecular flexibility index (Phi) is 10.9. The summed E-state index contributed by atoms with van der Waals surface area (Å²) in [6.07, 6.45) is 1.72. The molecule has 0 aliphatic carbocycles. The molecule has 0 saturated carbocycles. The van der Waals surface area contributed by atoms with E-state index in [4.69, 9.17) is 0 Å². The first-order valence-electron chi connectivity index (χ1n) is 13.9. The maximum absolute atomic E-state index is 14.1. The second-order valence-corrected chi connectivity index (χ2v) is 12.1. The molecule has 0 radical (unpaired) electrons. The molecule has 0 fully saturated rings. The molecule has 7 nitrogen and oxygen atoms in total. The fourth-order valence-corrected chi connectivity index (χ4v) is 6.12. The van der Waals surface area contributed by atoms with Crippen LogP contribution in [0.15, 0.2) is 77.7 Å². The average Bonchev–Trinajstić information content (AvgIpc) is 2.92. The van der Waals surface area contributed by atoms with Crippen LogP contribution in [0, 0.1) is 20.8 Å². The van der Waals surface area contributed by atoms with Gasteiger partial charge >= 0.3 is 0 Å². The molecule has 0 aliphatic rings. The van der Waals surface area contributed by atoms with Crippen LogP contribution in [-0.4, -0.2) is 50.8 Å². The molecule has 0 unspecified atom stereocenters. The molecule has 1 N–H and O–H groups in total. The minimum absolute atomic E-state index is 0.105. The summed E-state index contributed by atoms with van der Waals surface area (Å²) in [4.78, 5) is 28.9. The third-order valence-electron chi connectivity index (χ3n) is 6.80. The van der Waals surface area contributed by atoms with E-state index in [0.717, 1.165) is 28.7 Å². The summed E-state index contributed by atoms with van der Waals surface area (Å²) in [6, 6.07) is 21.1.